The van der Waals surface area contributed by atoms with Crippen LogP contribution in [-0.4, -0.2) is 20.3 Å². The maximum atomic E-state index is 6.13. The zero-order chi connectivity index (χ0) is 19.5. The van der Waals surface area contributed by atoms with Crippen molar-refractivity contribution in [3.8, 4) is 0 Å². The average Bonchev–Trinajstić information content (AvgIpc) is 3.31. The van der Waals surface area contributed by atoms with Gasteiger partial charge in [-0.15, -0.1) is 0 Å². The van der Waals surface area contributed by atoms with E-state index in [1.165, 1.54) is 11.1 Å². The lowest BCUT2D eigenvalue weighted by molar-refractivity contribution is 0.229. The lowest BCUT2D eigenvalue weighted by Crippen LogP contribution is -2.35. The number of furan rings is 1. The molecule has 1 fully saturated rings. The van der Waals surface area contributed by atoms with Crippen LogP contribution in [0.3, 0.4) is 0 Å². The Morgan fingerprint density at radius 3 is 2.25 bits per heavy atom. The van der Waals surface area contributed by atoms with Crippen LogP contribution < -0.4 is 0 Å². The molecule has 3 aromatic rings. The predicted octanol–water partition coefficient (Wildman–Crippen LogP) is 6.04. The van der Waals surface area contributed by atoms with Gasteiger partial charge in [-0.3, -0.25) is 0 Å². The zero-order valence-electron chi connectivity index (χ0n) is 16.9. The summed E-state index contributed by atoms with van der Waals surface area (Å²) in [5.74, 6) is 0. The van der Waals surface area contributed by atoms with Crippen LogP contribution in [0.2, 0.25) is 0 Å². The number of para-hydroxylation sites is 1. The van der Waals surface area contributed by atoms with Crippen molar-refractivity contribution in [1.82, 2.24) is 0 Å². The molecule has 0 spiro atoms. The van der Waals surface area contributed by atoms with E-state index < -0.39 is 0 Å². The molecule has 0 atom stereocenters. The first kappa shape index (κ1) is 17.8. The monoisotopic (exact) mass is 372 g/mol. The molecule has 2 aromatic carbocycles. The van der Waals surface area contributed by atoms with Crippen LogP contribution in [0, 0.1) is 10.8 Å². The van der Waals surface area contributed by atoms with Gasteiger partial charge in [0.25, 0.3) is 0 Å². The highest BCUT2D eigenvalue weighted by atomic mass is 16.6. The summed E-state index contributed by atoms with van der Waals surface area (Å²) in [6.45, 7) is 10.4. The number of rotatable bonds is 2. The third kappa shape index (κ3) is 2.59. The van der Waals surface area contributed by atoms with Gasteiger partial charge in [-0.05, 0) is 39.6 Å². The van der Waals surface area contributed by atoms with Crippen molar-refractivity contribution in [2.45, 2.75) is 27.7 Å². The summed E-state index contributed by atoms with van der Waals surface area (Å²) in [6, 6.07) is 14.5. The molecule has 1 aliphatic carbocycles. The van der Waals surface area contributed by atoms with E-state index in [2.05, 4.69) is 64.1 Å². The number of benzene rings is 2. The molecule has 2 aliphatic rings. The second-order valence-electron chi connectivity index (χ2n) is 8.95. The van der Waals surface area contributed by atoms with Gasteiger partial charge in [0.2, 0.25) is 0 Å². The van der Waals surface area contributed by atoms with E-state index in [1.54, 1.807) is 0 Å². The van der Waals surface area contributed by atoms with Crippen molar-refractivity contribution < 1.29 is 13.7 Å². The lowest BCUT2D eigenvalue weighted by atomic mass is 9.57. The quantitative estimate of drug-likeness (QED) is 0.514. The molecule has 5 rings (SSSR count). The molecule has 142 valence electrons. The molecular weight excluding hydrogens is 347 g/mol. The first-order chi connectivity index (χ1) is 13.4. The molecule has 2 heterocycles. The van der Waals surface area contributed by atoms with Crippen molar-refractivity contribution in [2.75, 3.05) is 13.2 Å². The highest BCUT2D eigenvalue weighted by Gasteiger charge is 2.43. The van der Waals surface area contributed by atoms with Gasteiger partial charge < -0.3 is 13.7 Å². The van der Waals surface area contributed by atoms with Gasteiger partial charge in [-0.2, -0.15) is 0 Å². The van der Waals surface area contributed by atoms with Crippen molar-refractivity contribution in [3.63, 3.8) is 0 Å². The molecule has 4 heteroatoms. The van der Waals surface area contributed by atoms with Gasteiger partial charge in [-0.25, -0.2) is 0 Å². The Balaban J connectivity index is 1.79. The molecule has 0 N–H and O–H groups in total. The van der Waals surface area contributed by atoms with Crippen LogP contribution in [0.15, 0.2) is 64.5 Å². The normalized spacial score (nSPS) is 21.2. The Morgan fingerprint density at radius 1 is 0.786 bits per heavy atom. The SMILES string of the molecule is CC1(C)C=C(B2OCCO2)C(c2cccc3oc4ccccc4c23)=CC1(C)C. The third-order valence-corrected chi connectivity index (χ3v) is 6.56. The highest BCUT2D eigenvalue weighted by molar-refractivity contribution is 6.58. The molecule has 0 bridgehead atoms. The molecule has 1 aromatic heterocycles. The Labute approximate surface area is 166 Å². The number of hydrogen-bond acceptors (Lipinski definition) is 3. The van der Waals surface area contributed by atoms with E-state index in [1.807, 2.05) is 18.2 Å². The van der Waals surface area contributed by atoms with Crippen LogP contribution in [0.4, 0.5) is 0 Å². The fourth-order valence-electron chi connectivity index (χ4n) is 4.25. The van der Waals surface area contributed by atoms with Crippen LogP contribution in [0.5, 0.6) is 0 Å². The molecular formula is C24H25BO3. The summed E-state index contributed by atoms with van der Waals surface area (Å²) in [7, 11) is -0.310. The molecule has 28 heavy (non-hydrogen) atoms. The first-order valence-corrected chi connectivity index (χ1v) is 9.97. The Kier molecular flexibility index (Phi) is 3.87. The molecule has 0 amide bonds. The van der Waals surface area contributed by atoms with E-state index in [4.69, 9.17) is 13.7 Å². The van der Waals surface area contributed by atoms with Crippen LogP contribution in [-0.2, 0) is 9.31 Å². The van der Waals surface area contributed by atoms with Gasteiger partial charge in [0.15, 0.2) is 0 Å². The van der Waals surface area contributed by atoms with Crippen LogP contribution >= 0.6 is 0 Å². The smallest absolute Gasteiger partial charge is 0.456 e. The number of allylic oxidation sites excluding steroid dienone is 4. The standard InChI is InChI=1S/C24H25BO3/c1-23(2)14-18(19(15-24(23,3)4)25-26-12-13-27-25)16-9-7-11-21-22(16)17-8-5-6-10-20(17)28-21/h5-11,14-15H,12-13H2,1-4H3. The second-order valence-corrected chi connectivity index (χ2v) is 8.95. The fraction of sp³-hybridized carbons (Fsp3) is 0.333. The summed E-state index contributed by atoms with van der Waals surface area (Å²) in [4.78, 5) is 0. The van der Waals surface area contributed by atoms with Gasteiger partial charge in [0, 0.05) is 10.8 Å². The molecule has 1 aliphatic heterocycles. The zero-order valence-corrected chi connectivity index (χ0v) is 16.9. The van der Waals surface area contributed by atoms with Crippen molar-refractivity contribution in [1.29, 1.82) is 0 Å². The fourth-order valence-corrected chi connectivity index (χ4v) is 4.25. The molecule has 0 saturated carbocycles. The molecule has 0 radical (unpaired) electrons. The predicted molar refractivity (Wildman–Crippen MR) is 115 cm³/mol. The molecule has 0 unspecified atom stereocenters. The minimum Gasteiger partial charge on any atom is -0.456 e. The Morgan fingerprint density at radius 2 is 1.46 bits per heavy atom. The summed E-state index contributed by atoms with van der Waals surface area (Å²) < 4.78 is 18.0. The number of fused-ring (bicyclic) bond motifs is 3. The van der Waals surface area contributed by atoms with E-state index >= 15 is 0 Å². The number of hydrogen-bond donors (Lipinski definition) is 0. The van der Waals surface area contributed by atoms with Crippen molar-refractivity contribution in [2.24, 2.45) is 10.8 Å². The van der Waals surface area contributed by atoms with Gasteiger partial charge >= 0.3 is 7.12 Å². The maximum absolute atomic E-state index is 6.13. The van der Waals surface area contributed by atoms with Gasteiger partial charge in [-0.1, -0.05) is 70.2 Å². The van der Waals surface area contributed by atoms with E-state index in [0.717, 1.165) is 27.4 Å². The minimum absolute atomic E-state index is 0.00644. The summed E-state index contributed by atoms with van der Waals surface area (Å²) in [6.07, 6.45) is 4.74. The Bertz CT molecular complexity index is 1130. The third-order valence-electron chi connectivity index (χ3n) is 6.56. The maximum Gasteiger partial charge on any atom is 0.494 e. The summed E-state index contributed by atoms with van der Waals surface area (Å²) in [5, 5.41) is 2.30. The second kappa shape index (κ2) is 6.10. The Hall–Kier alpha value is -2.30. The van der Waals surface area contributed by atoms with E-state index in [9.17, 15) is 0 Å². The molecule has 3 nitrogen and oxygen atoms in total. The highest BCUT2D eigenvalue weighted by Crippen LogP contribution is 2.50. The first-order valence-electron chi connectivity index (χ1n) is 9.97. The summed E-state index contributed by atoms with van der Waals surface area (Å²) >= 11 is 0. The van der Waals surface area contributed by atoms with Crippen LogP contribution in [0.1, 0.15) is 33.3 Å². The minimum atomic E-state index is -0.310. The average molecular weight is 372 g/mol. The van der Waals surface area contributed by atoms with Gasteiger partial charge in [0.05, 0.1) is 13.2 Å². The van der Waals surface area contributed by atoms with Gasteiger partial charge in [0.1, 0.15) is 11.2 Å². The van der Waals surface area contributed by atoms with E-state index in [-0.39, 0.29) is 17.9 Å². The lowest BCUT2D eigenvalue weighted by Gasteiger charge is -2.42. The van der Waals surface area contributed by atoms with Crippen molar-refractivity contribution in [3.05, 3.63) is 65.7 Å². The van der Waals surface area contributed by atoms with E-state index in [0.29, 0.717) is 13.2 Å². The topological polar surface area (TPSA) is 31.6 Å². The molecule has 1 saturated heterocycles. The summed E-state index contributed by atoms with van der Waals surface area (Å²) in [5.41, 5.74) is 5.30. The van der Waals surface area contributed by atoms with Crippen molar-refractivity contribution >= 4 is 34.6 Å². The van der Waals surface area contributed by atoms with Crippen LogP contribution in [0.25, 0.3) is 27.5 Å². The largest absolute Gasteiger partial charge is 0.494 e.